The zero-order valence-electron chi connectivity index (χ0n) is 18.0. The molecule has 2 aliphatic heterocycles. The summed E-state index contributed by atoms with van der Waals surface area (Å²) in [6.45, 7) is 4.82. The van der Waals surface area contributed by atoms with Crippen LogP contribution in [0, 0.1) is 5.92 Å². The molecule has 1 unspecified atom stereocenters. The second kappa shape index (κ2) is 9.88. The molecule has 0 N–H and O–H groups in total. The van der Waals surface area contributed by atoms with Gasteiger partial charge < -0.3 is 14.5 Å². The highest BCUT2D eigenvalue weighted by atomic mass is 16.5. The number of ether oxygens (including phenoxy) is 1. The Morgan fingerprint density at radius 2 is 1.80 bits per heavy atom. The normalized spacial score (nSPS) is 22.9. The molecule has 0 spiro atoms. The van der Waals surface area contributed by atoms with Crippen molar-refractivity contribution < 1.29 is 14.3 Å². The van der Waals surface area contributed by atoms with Crippen LogP contribution in [0.5, 0.6) is 0 Å². The Labute approximate surface area is 179 Å². The van der Waals surface area contributed by atoms with Gasteiger partial charge in [-0.3, -0.25) is 19.5 Å². The van der Waals surface area contributed by atoms with Crippen molar-refractivity contribution in [2.24, 2.45) is 5.92 Å². The average Bonchev–Trinajstić information content (AvgIpc) is 3.65. The molecule has 1 aromatic rings. The summed E-state index contributed by atoms with van der Waals surface area (Å²) in [6.07, 6.45) is 9.66. The van der Waals surface area contributed by atoms with E-state index >= 15 is 0 Å². The molecule has 1 aliphatic carbocycles. The van der Waals surface area contributed by atoms with E-state index in [4.69, 9.17) is 4.74 Å². The van der Waals surface area contributed by atoms with Crippen molar-refractivity contribution in [2.75, 3.05) is 46.4 Å². The van der Waals surface area contributed by atoms with Crippen LogP contribution in [0.2, 0.25) is 0 Å². The van der Waals surface area contributed by atoms with E-state index in [0.717, 1.165) is 71.4 Å². The van der Waals surface area contributed by atoms with Gasteiger partial charge in [0.15, 0.2) is 0 Å². The molecule has 2 amide bonds. The van der Waals surface area contributed by atoms with Gasteiger partial charge in [-0.2, -0.15) is 0 Å². The van der Waals surface area contributed by atoms with Crippen molar-refractivity contribution in [3.8, 4) is 0 Å². The van der Waals surface area contributed by atoms with Crippen LogP contribution in [0.15, 0.2) is 24.5 Å². The lowest BCUT2D eigenvalue weighted by atomic mass is 9.98. The molecule has 0 aromatic carbocycles. The first-order valence-corrected chi connectivity index (χ1v) is 11.4. The van der Waals surface area contributed by atoms with E-state index in [0.29, 0.717) is 30.1 Å². The number of pyridine rings is 1. The third kappa shape index (κ3) is 5.19. The Kier molecular flexibility index (Phi) is 7.00. The Morgan fingerprint density at radius 3 is 2.50 bits per heavy atom. The Hall–Kier alpha value is -1.99. The fraction of sp³-hybridized carbons (Fsp3) is 0.696. The maximum Gasteiger partial charge on any atom is 0.253 e. The highest BCUT2D eigenvalue weighted by molar-refractivity contribution is 5.93. The highest BCUT2D eigenvalue weighted by Gasteiger charge is 2.38. The van der Waals surface area contributed by atoms with Crippen molar-refractivity contribution in [3.05, 3.63) is 30.1 Å². The van der Waals surface area contributed by atoms with Crippen LogP contribution in [0.4, 0.5) is 0 Å². The molecule has 7 heteroatoms. The van der Waals surface area contributed by atoms with Gasteiger partial charge in [0.2, 0.25) is 5.91 Å². The third-order valence-electron chi connectivity index (χ3n) is 6.73. The summed E-state index contributed by atoms with van der Waals surface area (Å²) in [4.78, 5) is 35.9. The number of aromatic nitrogens is 1. The molecular formula is C23H34N4O3. The fourth-order valence-electron chi connectivity index (χ4n) is 4.78. The van der Waals surface area contributed by atoms with E-state index in [9.17, 15) is 9.59 Å². The predicted molar refractivity (Wildman–Crippen MR) is 114 cm³/mol. The maximum atomic E-state index is 12.7. The summed E-state index contributed by atoms with van der Waals surface area (Å²) in [5.74, 6) is 0.666. The first-order valence-electron chi connectivity index (χ1n) is 11.4. The Morgan fingerprint density at radius 1 is 1.07 bits per heavy atom. The van der Waals surface area contributed by atoms with E-state index < -0.39 is 0 Å². The average molecular weight is 415 g/mol. The summed E-state index contributed by atoms with van der Waals surface area (Å²) in [5.41, 5.74) is 0.670. The lowest BCUT2D eigenvalue weighted by Gasteiger charge is -2.44. The zero-order chi connectivity index (χ0) is 20.9. The molecule has 4 rings (SSSR count). The van der Waals surface area contributed by atoms with Crippen LogP contribution in [0.3, 0.4) is 0 Å². The number of piperidine rings is 1. The molecular weight excluding hydrogens is 380 g/mol. The van der Waals surface area contributed by atoms with E-state index in [2.05, 4.69) is 14.8 Å². The van der Waals surface area contributed by atoms with Gasteiger partial charge in [-0.15, -0.1) is 0 Å². The van der Waals surface area contributed by atoms with Gasteiger partial charge >= 0.3 is 0 Å². The lowest BCUT2D eigenvalue weighted by Crippen LogP contribution is -2.55. The third-order valence-corrected chi connectivity index (χ3v) is 6.73. The summed E-state index contributed by atoms with van der Waals surface area (Å²) in [7, 11) is 1.87. The van der Waals surface area contributed by atoms with Gasteiger partial charge in [0.25, 0.3) is 5.91 Å². The summed E-state index contributed by atoms with van der Waals surface area (Å²) < 4.78 is 5.60. The number of nitrogens with zero attached hydrogens (tertiary/aromatic N) is 4. The molecule has 1 saturated carbocycles. The molecule has 30 heavy (non-hydrogen) atoms. The van der Waals surface area contributed by atoms with Gasteiger partial charge in [0, 0.05) is 82.4 Å². The smallest absolute Gasteiger partial charge is 0.253 e. The number of hydrogen-bond donors (Lipinski definition) is 0. The Bertz CT molecular complexity index is 718. The second-order valence-corrected chi connectivity index (χ2v) is 8.90. The van der Waals surface area contributed by atoms with Crippen molar-refractivity contribution in [1.82, 2.24) is 19.7 Å². The first kappa shape index (κ1) is 21.2. The maximum absolute atomic E-state index is 12.7. The van der Waals surface area contributed by atoms with E-state index in [1.807, 2.05) is 7.05 Å². The molecule has 164 valence electrons. The minimum Gasteiger partial charge on any atom is -0.381 e. The molecule has 3 aliphatic rings. The molecule has 3 heterocycles. The summed E-state index contributed by atoms with van der Waals surface area (Å²) in [6, 6.07) is 4.35. The fourth-order valence-corrected chi connectivity index (χ4v) is 4.78. The molecule has 3 fully saturated rings. The van der Waals surface area contributed by atoms with Gasteiger partial charge in [-0.25, -0.2) is 0 Å². The topological polar surface area (TPSA) is 66.0 Å². The molecule has 2 saturated heterocycles. The molecule has 1 aromatic heterocycles. The van der Waals surface area contributed by atoms with E-state index in [-0.39, 0.29) is 11.8 Å². The van der Waals surface area contributed by atoms with E-state index in [1.165, 1.54) is 0 Å². The first-order chi connectivity index (χ1) is 14.6. The number of likely N-dealkylation sites (tertiary alicyclic amines) is 1. The molecule has 7 nitrogen and oxygen atoms in total. The number of hydrogen-bond acceptors (Lipinski definition) is 5. The van der Waals surface area contributed by atoms with Crippen molar-refractivity contribution in [2.45, 2.75) is 50.6 Å². The van der Waals surface area contributed by atoms with Crippen molar-refractivity contribution >= 4 is 11.8 Å². The van der Waals surface area contributed by atoms with Crippen LogP contribution >= 0.6 is 0 Å². The number of carbonyl (C=O) groups is 2. The number of carbonyl (C=O) groups excluding carboxylic acids is 2. The SMILES string of the molecule is CN(CCN(C1CCOCC1)C1CCCN(C(=O)C2CC2)C1)C(=O)c1ccncc1. The van der Waals surface area contributed by atoms with Gasteiger partial charge in [0.1, 0.15) is 0 Å². The molecule has 0 radical (unpaired) electrons. The van der Waals surface area contributed by atoms with Crippen LogP contribution in [-0.2, 0) is 9.53 Å². The van der Waals surface area contributed by atoms with Crippen molar-refractivity contribution in [3.63, 3.8) is 0 Å². The zero-order valence-corrected chi connectivity index (χ0v) is 18.0. The van der Waals surface area contributed by atoms with Crippen LogP contribution in [0.1, 0.15) is 48.9 Å². The standard InChI is InChI=1S/C23H34N4O3/c1-25(22(28)19-6-10-24-11-7-19)13-14-27(20-8-15-30-16-9-20)21-3-2-12-26(17-21)23(29)18-4-5-18/h6-7,10-11,18,20-21H,2-5,8-9,12-17H2,1H3. The van der Waals surface area contributed by atoms with Crippen LogP contribution < -0.4 is 0 Å². The Balaban J connectivity index is 1.40. The summed E-state index contributed by atoms with van der Waals surface area (Å²) in [5, 5.41) is 0. The van der Waals surface area contributed by atoms with E-state index in [1.54, 1.807) is 29.4 Å². The monoisotopic (exact) mass is 414 g/mol. The van der Waals surface area contributed by atoms with Gasteiger partial charge in [0.05, 0.1) is 0 Å². The number of rotatable bonds is 7. The van der Waals surface area contributed by atoms with Crippen molar-refractivity contribution in [1.29, 1.82) is 0 Å². The van der Waals surface area contributed by atoms with Crippen LogP contribution in [-0.4, -0.2) is 90.0 Å². The molecule has 1 atom stereocenters. The van der Waals surface area contributed by atoms with Gasteiger partial charge in [-0.05, 0) is 50.7 Å². The quantitative estimate of drug-likeness (QED) is 0.683. The lowest BCUT2D eigenvalue weighted by molar-refractivity contribution is -0.135. The largest absolute Gasteiger partial charge is 0.381 e. The highest BCUT2D eigenvalue weighted by Crippen LogP contribution is 2.33. The summed E-state index contributed by atoms with van der Waals surface area (Å²) >= 11 is 0. The second-order valence-electron chi connectivity index (χ2n) is 8.90. The van der Waals surface area contributed by atoms with Crippen LogP contribution in [0.25, 0.3) is 0 Å². The number of likely N-dealkylation sites (N-methyl/N-ethyl adjacent to an activating group) is 1. The molecule has 0 bridgehead atoms. The number of amides is 2. The minimum atomic E-state index is 0.0264. The predicted octanol–water partition coefficient (Wildman–Crippen LogP) is 2.04. The van der Waals surface area contributed by atoms with Gasteiger partial charge in [-0.1, -0.05) is 0 Å². The minimum absolute atomic E-state index is 0.0264.